The zero-order valence-electron chi connectivity index (χ0n) is 6.72. The molecule has 0 aliphatic heterocycles. The van der Waals surface area contributed by atoms with Gasteiger partial charge >= 0.3 is 45.9 Å². The first kappa shape index (κ1) is 18.3. The molecular formula is C7H4Cl2LiNZn. The summed E-state index contributed by atoms with van der Waals surface area (Å²) in [6.07, 6.45) is 0. The number of nitriles is 1. The van der Waals surface area contributed by atoms with E-state index in [1.54, 1.807) is 24.3 Å². The molecule has 5 heteroatoms. The Bertz CT molecular complexity index is 212. The van der Waals surface area contributed by atoms with E-state index in [9.17, 15) is 0 Å². The second-order valence-electron chi connectivity index (χ2n) is 1.40. The standard InChI is InChI=1S/C7H4N.2ClH.Li.Zn/c8-6-7-4-2-1-3-5-7;;;;/h1-2,4-5H;2*1H;;/q-1;;;+1;+2/p-2. The first-order valence-electron chi connectivity index (χ1n) is 2.56. The fraction of sp³-hybridized carbons (Fsp3) is 0. The fourth-order valence-electron chi connectivity index (χ4n) is 0.463. The molecule has 0 aromatic heterocycles. The summed E-state index contributed by atoms with van der Waals surface area (Å²) in [7, 11) is 4.76. The van der Waals surface area contributed by atoms with Crippen LogP contribution in [-0.4, -0.2) is 0 Å². The predicted molar refractivity (Wildman–Crippen MR) is 35.8 cm³/mol. The van der Waals surface area contributed by atoms with Gasteiger partial charge in [-0.05, 0) is 0 Å². The van der Waals surface area contributed by atoms with Crippen molar-refractivity contribution < 1.29 is 48.6 Å². The van der Waals surface area contributed by atoms with Gasteiger partial charge in [-0.3, -0.25) is 0 Å². The van der Waals surface area contributed by atoms with E-state index in [0.717, 1.165) is 17.3 Å². The van der Waals surface area contributed by atoms with Crippen molar-refractivity contribution in [3.8, 4) is 6.07 Å². The molecule has 0 radical (unpaired) electrons. The van der Waals surface area contributed by atoms with E-state index in [4.69, 9.17) is 15.0 Å². The van der Waals surface area contributed by atoms with Gasteiger partial charge in [-0.2, -0.15) is 30.3 Å². The third kappa shape index (κ3) is 8.61. The van der Waals surface area contributed by atoms with Gasteiger partial charge in [-0.1, -0.05) is 5.56 Å². The Labute approximate surface area is 105 Å². The van der Waals surface area contributed by atoms with Crippen LogP contribution in [0.4, 0.5) is 0 Å². The van der Waals surface area contributed by atoms with Crippen molar-refractivity contribution in [1.29, 1.82) is 5.26 Å². The van der Waals surface area contributed by atoms with Gasteiger partial charge in [-0.25, -0.2) is 5.26 Å². The summed E-state index contributed by atoms with van der Waals surface area (Å²) in [5.41, 5.74) is 0.660. The fourth-order valence-corrected chi connectivity index (χ4v) is 0.463. The molecule has 0 unspecified atom stereocenters. The Hall–Kier alpha value is 0.511. The molecule has 1 aromatic carbocycles. The van der Waals surface area contributed by atoms with Crippen LogP contribution in [0.5, 0.6) is 0 Å². The molecule has 0 fully saturated rings. The summed E-state index contributed by atoms with van der Waals surface area (Å²) < 4.78 is 0. The van der Waals surface area contributed by atoms with E-state index in [-0.39, 0.29) is 31.3 Å². The normalized spacial score (nSPS) is 5.83. The Morgan fingerprint density at radius 1 is 1.50 bits per heavy atom. The quantitative estimate of drug-likeness (QED) is 0.338. The van der Waals surface area contributed by atoms with Gasteiger partial charge in [0.2, 0.25) is 0 Å². The maximum atomic E-state index is 8.27. The van der Waals surface area contributed by atoms with Crippen LogP contribution in [0.2, 0.25) is 0 Å². The van der Waals surface area contributed by atoms with Crippen LogP contribution in [0.1, 0.15) is 5.56 Å². The molecule has 0 atom stereocenters. The van der Waals surface area contributed by atoms with Gasteiger partial charge in [0.25, 0.3) is 0 Å². The number of benzene rings is 1. The molecule has 1 aromatic rings. The molecule has 0 heterocycles. The van der Waals surface area contributed by atoms with Crippen molar-refractivity contribution in [1.82, 2.24) is 0 Å². The monoisotopic (exact) mass is 243 g/mol. The van der Waals surface area contributed by atoms with Gasteiger partial charge in [0.15, 0.2) is 0 Å². The molecule has 54 valence electrons. The maximum Gasteiger partial charge on any atom is 1.00 e. The van der Waals surface area contributed by atoms with Crippen molar-refractivity contribution >= 4 is 9.69 Å². The topological polar surface area (TPSA) is 23.8 Å². The Balaban J connectivity index is -0.000000189. The van der Waals surface area contributed by atoms with Crippen LogP contribution < -0.4 is 31.3 Å². The first-order valence-corrected chi connectivity index (χ1v) is 6.46. The molecular weight excluding hydrogens is 241 g/mol. The number of rotatable bonds is 0. The second-order valence-corrected chi connectivity index (χ2v) is 1.40. The maximum absolute atomic E-state index is 8.27. The van der Waals surface area contributed by atoms with Gasteiger partial charge in [-0.15, -0.1) is 0 Å². The largest absolute Gasteiger partial charge is 1.00 e. The molecule has 0 amide bonds. The predicted octanol–water partition coefficient (Wildman–Crippen LogP) is -3.95. The first-order chi connectivity index (χ1) is 4.93. The molecule has 0 spiro atoms. The van der Waals surface area contributed by atoms with Crippen molar-refractivity contribution in [3.05, 3.63) is 35.9 Å². The molecule has 12 heavy (non-hydrogen) atoms. The van der Waals surface area contributed by atoms with Gasteiger partial charge in [0, 0.05) is 6.07 Å². The van der Waals surface area contributed by atoms with Crippen molar-refractivity contribution in [3.63, 3.8) is 0 Å². The third-order valence-corrected chi connectivity index (χ3v) is 0.836. The molecule has 0 saturated carbocycles. The summed E-state index contributed by atoms with van der Waals surface area (Å²) in [4.78, 5) is 0. The summed E-state index contributed by atoms with van der Waals surface area (Å²) in [6, 6.07) is 11.7. The molecule has 1 nitrogen and oxygen atoms in total. The number of hydrogen-bond donors (Lipinski definition) is 0. The van der Waals surface area contributed by atoms with E-state index >= 15 is 0 Å². The Morgan fingerprint density at radius 2 is 2.08 bits per heavy atom. The van der Waals surface area contributed by atoms with Crippen LogP contribution in [0.3, 0.4) is 0 Å². The second kappa shape index (κ2) is 14.1. The summed E-state index contributed by atoms with van der Waals surface area (Å²) in [5, 5.41) is 8.27. The number of halogens is 2. The van der Waals surface area contributed by atoms with Crippen LogP contribution in [-0.2, 0) is 17.3 Å². The minimum atomic E-state index is 0. The average molecular weight is 245 g/mol. The van der Waals surface area contributed by atoms with E-state index in [0.29, 0.717) is 5.56 Å². The molecule has 0 saturated heterocycles. The van der Waals surface area contributed by atoms with Gasteiger partial charge in [0.05, 0.1) is 0 Å². The van der Waals surface area contributed by atoms with Crippen molar-refractivity contribution in [2.45, 2.75) is 0 Å². The summed E-state index contributed by atoms with van der Waals surface area (Å²) in [5.74, 6) is 0. The number of nitrogens with zero attached hydrogens (tertiary/aromatic N) is 1. The zero-order chi connectivity index (χ0) is 7.82. The van der Waals surface area contributed by atoms with E-state index in [2.05, 4.69) is 6.07 Å². The van der Waals surface area contributed by atoms with E-state index in [1.807, 2.05) is 6.07 Å². The van der Waals surface area contributed by atoms with E-state index < -0.39 is 0 Å². The van der Waals surface area contributed by atoms with Crippen LogP contribution >= 0.6 is 9.69 Å². The summed E-state index contributed by atoms with van der Waals surface area (Å²) in [6.45, 7) is 0. The SMILES string of the molecule is N#Cc1c[c-]ccc1.[Cl-].[Cl][Zn+].[Li+]. The van der Waals surface area contributed by atoms with Crippen LogP contribution in [0, 0.1) is 17.4 Å². The molecule has 0 N–H and O–H groups in total. The number of hydrogen-bond acceptors (Lipinski definition) is 1. The van der Waals surface area contributed by atoms with Crippen molar-refractivity contribution in [2.24, 2.45) is 0 Å². The van der Waals surface area contributed by atoms with Gasteiger partial charge < -0.3 is 12.4 Å². The average Bonchev–Trinajstić information content (AvgIpc) is 2.10. The van der Waals surface area contributed by atoms with E-state index in [1.165, 1.54) is 0 Å². The summed E-state index contributed by atoms with van der Waals surface area (Å²) >= 11 is 0.847. The van der Waals surface area contributed by atoms with Gasteiger partial charge in [0.1, 0.15) is 0 Å². The molecule has 0 bridgehead atoms. The van der Waals surface area contributed by atoms with Crippen LogP contribution in [0.15, 0.2) is 24.3 Å². The molecule has 0 aliphatic carbocycles. The molecule has 1 rings (SSSR count). The minimum absolute atomic E-state index is 0. The zero-order valence-corrected chi connectivity index (χ0v) is 11.2. The van der Waals surface area contributed by atoms with Crippen LogP contribution in [0.25, 0.3) is 0 Å². The smallest absolute Gasteiger partial charge is 1.00 e. The van der Waals surface area contributed by atoms with Crippen molar-refractivity contribution in [2.75, 3.05) is 0 Å². The Kier molecular flexibility index (Phi) is 21.5. The molecule has 0 aliphatic rings. The Morgan fingerprint density at radius 3 is 2.33 bits per heavy atom. The third-order valence-electron chi connectivity index (χ3n) is 0.836. The minimum Gasteiger partial charge on any atom is 1.00 e.